The van der Waals surface area contributed by atoms with E-state index in [-0.39, 0.29) is 0 Å². The van der Waals surface area contributed by atoms with Crippen LogP contribution in [0, 0.1) is 0 Å². The van der Waals surface area contributed by atoms with Crippen LogP contribution in [0.1, 0.15) is 29.2 Å². The molecule has 2 aromatic rings. The molecule has 0 saturated carbocycles. The minimum atomic E-state index is 0.630. The van der Waals surface area contributed by atoms with Crippen molar-refractivity contribution in [3.63, 3.8) is 0 Å². The van der Waals surface area contributed by atoms with E-state index in [1.807, 2.05) is 7.05 Å². The lowest BCUT2D eigenvalue weighted by Crippen LogP contribution is -2.06. The molecule has 0 aromatic heterocycles. The van der Waals surface area contributed by atoms with Crippen molar-refractivity contribution < 1.29 is 4.74 Å². The fourth-order valence-corrected chi connectivity index (χ4v) is 2.77. The van der Waals surface area contributed by atoms with Gasteiger partial charge in [0.05, 0.1) is 0 Å². The first kappa shape index (κ1) is 13.9. The fourth-order valence-electron chi connectivity index (χ4n) is 2.77. The van der Waals surface area contributed by atoms with Gasteiger partial charge >= 0.3 is 0 Å². The number of hydrogen-bond donors (Lipinski definition) is 1. The van der Waals surface area contributed by atoms with Crippen LogP contribution in [0.25, 0.3) is 5.57 Å². The maximum absolute atomic E-state index is 6.02. The van der Waals surface area contributed by atoms with Crippen molar-refractivity contribution in [2.24, 2.45) is 0 Å². The van der Waals surface area contributed by atoms with E-state index in [0.29, 0.717) is 6.61 Å². The molecule has 21 heavy (non-hydrogen) atoms. The van der Waals surface area contributed by atoms with Crippen molar-refractivity contribution in [2.45, 2.75) is 20.0 Å². The van der Waals surface area contributed by atoms with Crippen LogP contribution in [0.4, 0.5) is 0 Å². The van der Waals surface area contributed by atoms with Gasteiger partial charge in [-0.05, 0) is 47.9 Å². The molecule has 1 aliphatic heterocycles. The molecule has 0 bridgehead atoms. The topological polar surface area (TPSA) is 21.3 Å². The summed E-state index contributed by atoms with van der Waals surface area (Å²) in [6.45, 7) is 3.66. The summed E-state index contributed by atoms with van der Waals surface area (Å²) in [7, 11) is 1.97. The molecule has 0 unspecified atom stereocenters. The third-order valence-electron chi connectivity index (χ3n) is 3.94. The molecule has 0 amide bonds. The highest BCUT2D eigenvalue weighted by atomic mass is 16.5. The maximum atomic E-state index is 6.02. The second kappa shape index (κ2) is 6.15. The van der Waals surface area contributed by atoms with Crippen LogP contribution in [0.3, 0.4) is 0 Å². The highest BCUT2D eigenvalue weighted by molar-refractivity contribution is 5.85. The van der Waals surface area contributed by atoms with Crippen LogP contribution in [0.5, 0.6) is 5.75 Å². The number of hydrogen-bond acceptors (Lipinski definition) is 2. The Bertz CT molecular complexity index is 673. The SMILES string of the molecule is CCc1ccc2c(c1)/C(=C\CNC)c1ccccc1CO2. The van der Waals surface area contributed by atoms with Crippen molar-refractivity contribution in [1.29, 1.82) is 0 Å². The monoisotopic (exact) mass is 279 g/mol. The van der Waals surface area contributed by atoms with Gasteiger partial charge in [-0.25, -0.2) is 0 Å². The summed E-state index contributed by atoms with van der Waals surface area (Å²) in [5, 5.41) is 3.21. The molecular weight excluding hydrogens is 258 g/mol. The van der Waals surface area contributed by atoms with Gasteiger partial charge in [0.25, 0.3) is 0 Å². The van der Waals surface area contributed by atoms with E-state index in [0.717, 1.165) is 18.7 Å². The van der Waals surface area contributed by atoms with Crippen molar-refractivity contribution in [2.75, 3.05) is 13.6 Å². The van der Waals surface area contributed by atoms with E-state index in [2.05, 4.69) is 60.8 Å². The molecule has 0 aliphatic carbocycles. The van der Waals surface area contributed by atoms with E-state index in [9.17, 15) is 0 Å². The number of ether oxygens (including phenoxy) is 1. The number of nitrogens with one attached hydrogen (secondary N) is 1. The molecule has 1 N–H and O–H groups in total. The first-order chi connectivity index (χ1) is 10.3. The quantitative estimate of drug-likeness (QED) is 0.923. The summed E-state index contributed by atoms with van der Waals surface area (Å²) in [4.78, 5) is 0. The van der Waals surface area contributed by atoms with Gasteiger partial charge < -0.3 is 10.1 Å². The number of benzene rings is 2. The zero-order chi connectivity index (χ0) is 14.7. The first-order valence-corrected chi connectivity index (χ1v) is 7.52. The molecule has 0 atom stereocenters. The second-order valence-corrected chi connectivity index (χ2v) is 5.31. The summed E-state index contributed by atoms with van der Waals surface area (Å²) in [5.74, 6) is 0.978. The van der Waals surface area contributed by atoms with Crippen molar-refractivity contribution >= 4 is 5.57 Å². The number of aryl methyl sites for hydroxylation is 1. The smallest absolute Gasteiger partial charge is 0.127 e. The van der Waals surface area contributed by atoms with E-state index < -0.39 is 0 Å². The minimum Gasteiger partial charge on any atom is -0.488 e. The van der Waals surface area contributed by atoms with Gasteiger partial charge in [0, 0.05) is 12.1 Å². The molecule has 0 fully saturated rings. The zero-order valence-electron chi connectivity index (χ0n) is 12.6. The van der Waals surface area contributed by atoms with Crippen LogP contribution in [-0.4, -0.2) is 13.6 Å². The van der Waals surface area contributed by atoms with Gasteiger partial charge in [-0.3, -0.25) is 0 Å². The van der Waals surface area contributed by atoms with Crippen LogP contribution >= 0.6 is 0 Å². The summed E-state index contributed by atoms with van der Waals surface area (Å²) in [6, 6.07) is 15.0. The second-order valence-electron chi connectivity index (χ2n) is 5.31. The van der Waals surface area contributed by atoms with E-state index in [1.165, 1.54) is 27.8 Å². The lowest BCUT2D eigenvalue weighted by molar-refractivity contribution is 0.307. The van der Waals surface area contributed by atoms with Gasteiger partial charge in [-0.15, -0.1) is 0 Å². The first-order valence-electron chi connectivity index (χ1n) is 7.52. The van der Waals surface area contributed by atoms with Crippen LogP contribution in [0.2, 0.25) is 0 Å². The minimum absolute atomic E-state index is 0.630. The maximum Gasteiger partial charge on any atom is 0.127 e. The molecule has 2 heteroatoms. The van der Waals surface area contributed by atoms with Crippen LogP contribution < -0.4 is 10.1 Å². The van der Waals surface area contributed by atoms with E-state index in [4.69, 9.17) is 4.74 Å². The van der Waals surface area contributed by atoms with Gasteiger partial charge in [0.1, 0.15) is 12.4 Å². The summed E-state index contributed by atoms with van der Waals surface area (Å²) in [5.41, 5.74) is 6.33. The zero-order valence-corrected chi connectivity index (χ0v) is 12.6. The Kier molecular flexibility index (Phi) is 4.07. The highest BCUT2D eigenvalue weighted by Gasteiger charge is 2.18. The van der Waals surface area contributed by atoms with Crippen LogP contribution in [0.15, 0.2) is 48.5 Å². The molecule has 108 valence electrons. The molecule has 0 spiro atoms. The third kappa shape index (κ3) is 2.72. The molecule has 0 saturated heterocycles. The largest absolute Gasteiger partial charge is 0.488 e. The summed E-state index contributed by atoms with van der Waals surface area (Å²) >= 11 is 0. The predicted molar refractivity (Wildman–Crippen MR) is 87.6 cm³/mol. The average molecular weight is 279 g/mol. The van der Waals surface area contributed by atoms with Gasteiger partial charge in [-0.1, -0.05) is 43.3 Å². The van der Waals surface area contributed by atoms with Crippen molar-refractivity contribution in [3.8, 4) is 5.75 Å². The molecule has 2 aromatic carbocycles. The molecule has 1 aliphatic rings. The average Bonchev–Trinajstić information content (AvgIpc) is 2.69. The number of rotatable bonds is 3. The Morgan fingerprint density at radius 2 is 2.00 bits per heavy atom. The lowest BCUT2D eigenvalue weighted by atomic mass is 9.92. The Labute approximate surface area is 126 Å². The predicted octanol–water partition coefficient (Wildman–Crippen LogP) is 3.79. The lowest BCUT2D eigenvalue weighted by Gasteiger charge is -2.12. The fraction of sp³-hybridized carbons (Fsp3) is 0.263. The van der Waals surface area contributed by atoms with E-state index >= 15 is 0 Å². The Balaban J connectivity index is 2.19. The Morgan fingerprint density at radius 3 is 2.81 bits per heavy atom. The molecule has 3 rings (SSSR count). The molecule has 2 nitrogen and oxygen atoms in total. The Hall–Kier alpha value is -2.06. The van der Waals surface area contributed by atoms with Crippen molar-refractivity contribution in [3.05, 3.63) is 70.8 Å². The van der Waals surface area contributed by atoms with Crippen molar-refractivity contribution in [1.82, 2.24) is 5.32 Å². The van der Waals surface area contributed by atoms with Gasteiger partial charge in [0.15, 0.2) is 0 Å². The molecular formula is C19H21NO. The summed E-state index contributed by atoms with van der Waals surface area (Å²) in [6.07, 6.45) is 3.29. The van der Waals surface area contributed by atoms with Gasteiger partial charge in [-0.2, -0.15) is 0 Å². The normalized spacial score (nSPS) is 15.0. The highest BCUT2D eigenvalue weighted by Crippen LogP contribution is 2.37. The van der Waals surface area contributed by atoms with Crippen LogP contribution in [-0.2, 0) is 13.0 Å². The summed E-state index contributed by atoms with van der Waals surface area (Å²) < 4.78 is 6.02. The van der Waals surface area contributed by atoms with E-state index in [1.54, 1.807) is 0 Å². The molecule has 0 radical (unpaired) electrons. The Morgan fingerprint density at radius 1 is 1.14 bits per heavy atom. The standard InChI is InChI=1S/C19H21NO/c1-3-14-8-9-19-18(12-14)17(10-11-20-2)16-7-5-4-6-15(16)13-21-19/h4-10,12,20H,3,11,13H2,1-2H3/b17-10-. The number of fused-ring (bicyclic) bond motifs is 2. The molecule has 1 heterocycles. The third-order valence-corrected chi connectivity index (χ3v) is 3.94. The number of likely N-dealkylation sites (N-methyl/N-ethyl adjacent to an activating group) is 1. The van der Waals surface area contributed by atoms with Gasteiger partial charge in [0.2, 0.25) is 0 Å².